The molecule has 0 aliphatic heterocycles. The van der Waals surface area contributed by atoms with Crippen LogP contribution in [0.1, 0.15) is 10.4 Å². The van der Waals surface area contributed by atoms with Crippen molar-refractivity contribution in [1.29, 1.82) is 0 Å². The van der Waals surface area contributed by atoms with Gasteiger partial charge in [0.15, 0.2) is 0 Å². The normalized spacial score (nSPS) is 11.2. The minimum Gasteiger partial charge on any atom is -0.343 e. The minimum atomic E-state index is -3.55. The van der Waals surface area contributed by atoms with Crippen LogP contribution in [-0.4, -0.2) is 45.2 Å². The second-order valence-corrected chi connectivity index (χ2v) is 7.67. The van der Waals surface area contributed by atoms with Crippen LogP contribution in [0.4, 0.5) is 10.1 Å². The Morgan fingerprint density at radius 1 is 1.04 bits per heavy atom. The molecule has 2 aromatic rings. The topological polar surface area (TPSA) is 95.6 Å². The monoisotopic (exact) mass is 379 g/mol. The summed E-state index contributed by atoms with van der Waals surface area (Å²) in [6.45, 7) is -0.356. The molecule has 0 spiro atoms. The second kappa shape index (κ2) is 8.07. The Morgan fingerprint density at radius 2 is 1.65 bits per heavy atom. The van der Waals surface area contributed by atoms with E-state index in [0.29, 0.717) is 5.69 Å². The molecule has 0 heterocycles. The molecule has 0 bridgehead atoms. The van der Waals surface area contributed by atoms with Gasteiger partial charge in [-0.1, -0.05) is 12.1 Å². The fraction of sp³-hybridized carbons (Fsp3) is 0.176. The van der Waals surface area contributed by atoms with Gasteiger partial charge in [0, 0.05) is 19.8 Å². The van der Waals surface area contributed by atoms with E-state index >= 15 is 0 Å². The number of hydrogen-bond acceptors (Lipinski definition) is 4. The number of sulfonamides is 1. The lowest BCUT2D eigenvalue weighted by molar-refractivity contribution is -0.115. The zero-order valence-electron chi connectivity index (χ0n) is 14.2. The predicted molar refractivity (Wildman–Crippen MR) is 94.7 cm³/mol. The number of benzene rings is 2. The van der Waals surface area contributed by atoms with Gasteiger partial charge in [-0.15, -0.1) is 0 Å². The summed E-state index contributed by atoms with van der Waals surface area (Å²) < 4.78 is 38.5. The highest BCUT2D eigenvalue weighted by Gasteiger charge is 2.17. The van der Waals surface area contributed by atoms with Gasteiger partial charge >= 0.3 is 0 Å². The van der Waals surface area contributed by atoms with Crippen molar-refractivity contribution in [1.82, 2.24) is 9.62 Å². The number of carbonyl (C=O) groups excluding carboxylic acids is 2. The SMILES string of the molecule is CN(C)S(=O)(=O)c1ccc(NC(=O)CNC(=O)c2ccccc2F)cc1. The van der Waals surface area contributed by atoms with Gasteiger partial charge in [0.25, 0.3) is 5.91 Å². The molecule has 0 saturated heterocycles. The summed E-state index contributed by atoms with van der Waals surface area (Å²) in [4.78, 5) is 23.8. The lowest BCUT2D eigenvalue weighted by Crippen LogP contribution is -2.33. The predicted octanol–water partition coefficient (Wildman–Crippen LogP) is 1.44. The molecule has 9 heteroatoms. The number of hydrogen-bond donors (Lipinski definition) is 2. The van der Waals surface area contributed by atoms with Crippen molar-refractivity contribution in [2.24, 2.45) is 0 Å². The summed E-state index contributed by atoms with van der Waals surface area (Å²) in [5.41, 5.74) is 0.214. The Kier molecular flexibility index (Phi) is 6.06. The Hall–Kier alpha value is -2.78. The fourth-order valence-electron chi connectivity index (χ4n) is 2.03. The summed E-state index contributed by atoms with van der Waals surface area (Å²) in [6.07, 6.45) is 0. The molecular formula is C17H18FN3O4S. The van der Waals surface area contributed by atoms with Crippen LogP contribution in [0.25, 0.3) is 0 Å². The summed E-state index contributed by atoms with van der Waals surface area (Å²) in [5, 5.41) is 4.83. The van der Waals surface area contributed by atoms with Crippen molar-refractivity contribution in [3.8, 4) is 0 Å². The Bertz CT molecular complexity index is 912. The number of rotatable bonds is 6. The Balaban J connectivity index is 1.94. The van der Waals surface area contributed by atoms with Gasteiger partial charge in [0.2, 0.25) is 15.9 Å². The number of anilines is 1. The first-order chi connectivity index (χ1) is 12.2. The number of nitrogens with one attached hydrogen (secondary N) is 2. The van der Waals surface area contributed by atoms with Crippen LogP contribution in [0, 0.1) is 5.82 Å². The highest BCUT2D eigenvalue weighted by molar-refractivity contribution is 7.89. The van der Waals surface area contributed by atoms with Crippen LogP contribution in [0.15, 0.2) is 53.4 Å². The molecule has 0 saturated carbocycles. The van der Waals surface area contributed by atoms with Gasteiger partial charge in [-0.05, 0) is 36.4 Å². The van der Waals surface area contributed by atoms with Gasteiger partial charge in [-0.3, -0.25) is 9.59 Å². The summed E-state index contributed by atoms with van der Waals surface area (Å²) in [7, 11) is -0.710. The van der Waals surface area contributed by atoms with Crippen molar-refractivity contribution in [2.75, 3.05) is 26.0 Å². The molecule has 0 radical (unpaired) electrons. The maximum absolute atomic E-state index is 13.5. The molecule has 7 nitrogen and oxygen atoms in total. The molecule has 138 valence electrons. The second-order valence-electron chi connectivity index (χ2n) is 5.52. The van der Waals surface area contributed by atoms with E-state index in [2.05, 4.69) is 10.6 Å². The highest BCUT2D eigenvalue weighted by atomic mass is 32.2. The maximum Gasteiger partial charge on any atom is 0.254 e. The highest BCUT2D eigenvalue weighted by Crippen LogP contribution is 2.16. The smallest absolute Gasteiger partial charge is 0.254 e. The lowest BCUT2D eigenvalue weighted by atomic mass is 10.2. The quantitative estimate of drug-likeness (QED) is 0.794. The van der Waals surface area contributed by atoms with E-state index in [1.165, 1.54) is 56.6 Å². The first kappa shape index (κ1) is 19.5. The van der Waals surface area contributed by atoms with Gasteiger partial charge in [0.05, 0.1) is 17.0 Å². The number of nitrogens with zero attached hydrogens (tertiary/aromatic N) is 1. The zero-order valence-corrected chi connectivity index (χ0v) is 15.0. The third kappa shape index (κ3) is 4.64. The first-order valence-electron chi connectivity index (χ1n) is 7.57. The van der Waals surface area contributed by atoms with Crippen molar-refractivity contribution in [3.63, 3.8) is 0 Å². The third-order valence-corrected chi connectivity index (χ3v) is 5.27. The van der Waals surface area contributed by atoms with Gasteiger partial charge < -0.3 is 10.6 Å². The maximum atomic E-state index is 13.5. The molecule has 0 atom stereocenters. The molecule has 26 heavy (non-hydrogen) atoms. The van der Waals surface area contributed by atoms with Crippen LogP contribution in [-0.2, 0) is 14.8 Å². The van der Waals surface area contributed by atoms with Crippen LogP contribution >= 0.6 is 0 Å². The molecule has 0 fully saturated rings. The van der Waals surface area contributed by atoms with E-state index in [0.717, 1.165) is 10.4 Å². The van der Waals surface area contributed by atoms with E-state index < -0.39 is 27.7 Å². The van der Waals surface area contributed by atoms with E-state index in [9.17, 15) is 22.4 Å². The van der Waals surface area contributed by atoms with Gasteiger partial charge in [-0.2, -0.15) is 0 Å². The van der Waals surface area contributed by atoms with Crippen molar-refractivity contribution < 1.29 is 22.4 Å². The summed E-state index contributed by atoms with van der Waals surface area (Å²) in [5.74, 6) is -1.91. The van der Waals surface area contributed by atoms with Crippen LogP contribution in [0.2, 0.25) is 0 Å². The van der Waals surface area contributed by atoms with Crippen molar-refractivity contribution in [2.45, 2.75) is 4.90 Å². The molecule has 2 amide bonds. The fourth-order valence-corrected chi connectivity index (χ4v) is 2.93. The van der Waals surface area contributed by atoms with E-state index in [1.807, 2.05) is 0 Å². The average molecular weight is 379 g/mol. The van der Waals surface area contributed by atoms with Crippen LogP contribution < -0.4 is 10.6 Å². The largest absolute Gasteiger partial charge is 0.343 e. The zero-order chi connectivity index (χ0) is 19.3. The summed E-state index contributed by atoms with van der Waals surface area (Å²) in [6, 6.07) is 11.0. The van der Waals surface area contributed by atoms with Crippen LogP contribution in [0.5, 0.6) is 0 Å². The van der Waals surface area contributed by atoms with E-state index in [1.54, 1.807) is 0 Å². The number of halogens is 1. The molecule has 2 aromatic carbocycles. The first-order valence-corrected chi connectivity index (χ1v) is 9.01. The molecule has 0 aromatic heterocycles. The lowest BCUT2D eigenvalue weighted by Gasteiger charge is -2.12. The third-order valence-electron chi connectivity index (χ3n) is 3.44. The molecular weight excluding hydrogens is 361 g/mol. The minimum absolute atomic E-state index is 0.0911. The molecule has 0 aliphatic rings. The molecule has 2 rings (SSSR count). The number of carbonyl (C=O) groups is 2. The molecule has 0 aliphatic carbocycles. The molecule has 0 unspecified atom stereocenters. The molecule has 2 N–H and O–H groups in total. The Morgan fingerprint density at radius 3 is 2.23 bits per heavy atom. The van der Waals surface area contributed by atoms with Gasteiger partial charge in [0.1, 0.15) is 5.82 Å². The van der Waals surface area contributed by atoms with Crippen molar-refractivity contribution >= 4 is 27.5 Å². The van der Waals surface area contributed by atoms with Crippen LogP contribution in [0.3, 0.4) is 0 Å². The standard InChI is InChI=1S/C17H18FN3O4S/c1-21(2)26(24,25)13-9-7-12(8-10-13)20-16(22)11-19-17(23)14-5-3-4-6-15(14)18/h3-10H,11H2,1-2H3,(H,19,23)(H,20,22). The number of amides is 2. The Labute approximate surface area is 150 Å². The van der Waals surface area contributed by atoms with E-state index in [-0.39, 0.29) is 17.0 Å². The average Bonchev–Trinajstić information content (AvgIpc) is 2.60. The van der Waals surface area contributed by atoms with E-state index in [4.69, 9.17) is 0 Å². The van der Waals surface area contributed by atoms with Crippen molar-refractivity contribution in [3.05, 3.63) is 59.9 Å². The summed E-state index contributed by atoms with van der Waals surface area (Å²) >= 11 is 0. The van der Waals surface area contributed by atoms with Gasteiger partial charge in [-0.25, -0.2) is 17.1 Å².